The summed E-state index contributed by atoms with van der Waals surface area (Å²) in [5.41, 5.74) is 0.308. The van der Waals surface area contributed by atoms with E-state index in [1.54, 1.807) is 13.0 Å². The molecule has 0 saturated heterocycles. The van der Waals surface area contributed by atoms with E-state index in [0.29, 0.717) is 12.0 Å². The van der Waals surface area contributed by atoms with Gasteiger partial charge in [-0.15, -0.1) is 0 Å². The molecule has 0 aromatic carbocycles. The van der Waals surface area contributed by atoms with Crippen LogP contribution in [0.1, 0.15) is 20.3 Å². The van der Waals surface area contributed by atoms with E-state index in [4.69, 9.17) is 4.74 Å². The van der Waals surface area contributed by atoms with Crippen LogP contribution < -0.4 is 0 Å². The number of Topliss-reactive ketones (excluding diaryl/α,β-unsaturated/α-hetero) is 1. The molecule has 0 radical (unpaired) electrons. The molecule has 0 heterocycles. The predicted molar refractivity (Wildman–Crippen MR) is 59.3 cm³/mol. The maximum atomic E-state index is 11.9. The molecule has 0 aromatic rings. The molecule has 0 aliphatic carbocycles. The maximum Gasteiger partial charge on any atom is 0.272 e. The number of alkyl halides is 2. The Hall–Kier alpha value is -1.45. The number of hydrogen-bond donors (Lipinski definition) is 0. The van der Waals surface area contributed by atoms with Crippen molar-refractivity contribution in [3.63, 3.8) is 0 Å². The summed E-state index contributed by atoms with van der Waals surface area (Å²) in [6.07, 6.45) is 2.34. The van der Waals surface area contributed by atoms with Crippen LogP contribution in [-0.4, -0.2) is 18.8 Å². The summed E-state index contributed by atoms with van der Waals surface area (Å²) in [4.78, 5) is 11.5. The fourth-order valence-electron chi connectivity index (χ4n) is 1.03. The Morgan fingerprint density at radius 2 is 2.12 bits per heavy atom. The van der Waals surface area contributed by atoms with E-state index in [2.05, 4.69) is 6.58 Å². The zero-order valence-corrected chi connectivity index (χ0v) is 9.50. The fraction of sp³-hybridized carbons (Fsp3) is 0.417. The van der Waals surface area contributed by atoms with Crippen LogP contribution in [0.5, 0.6) is 0 Å². The number of ketones is 1. The van der Waals surface area contributed by atoms with Crippen LogP contribution in [0, 0.1) is 0 Å². The summed E-state index contributed by atoms with van der Waals surface area (Å²) in [6.45, 7) is 5.97. The highest BCUT2D eigenvalue weighted by Crippen LogP contribution is 2.12. The average Bonchev–Trinajstić information content (AvgIpc) is 2.26. The molecule has 2 nitrogen and oxygen atoms in total. The van der Waals surface area contributed by atoms with Crippen molar-refractivity contribution in [1.82, 2.24) is 0 Å². The highest BCUT2D eigenvalue weighted by atomic mass is 19.3. The number of hydrogen-bond acceptors (Lipinski definition) is 2. The van der Waals surface area contributed by atoms with Gasteiger partial charge in [-0.1, -0.05) is 25.7 Å². The summed E-state index contributed by atoms with van der Waals surface area (Å²) in [7, 11) is 0. The van der Waals surface area contributed by atoms with Crippen molar-refractivity contribution in [2.24, 2.45) is 0 Å². The minimum absolute atomic E-state index is 0.148. The van der Waals surface area contributed by atoms with Crippen LogP contribution in [0.2, 0.25) is 0 Å². The molecule has 0 spiro atoms. The van der Waals surface area contributed by atoms with Crippen molar-refractivity contribution in [3.8, 4) is 0 Å². The molecule has 0 saturated carbocycles. The largest absolute Gasteiger partial charge is 0.492 e. The second-order valence-corrected chi connectivity index (χ2v) is 3.04. The maximum absolute atomic E-state index is 11.9. The molecule has 0 aliphatic heterocycles. The molecule has 0 amide bonds. The molecular formula is C12H16F2O2. The first-order chi connectivity index (χ1) is 7.52. The van der Waals surface area contributed by atoms with E-state index in [1.165, 1.54) is 19.1 Å². The van der Waals surface area contributed by atoms with Crippen LogP contribution in [0.4, 0.5) is 8.78 Å². The molecule has 0 aromatic heterocycles. The molecule has 90 valence electrons. The van der Waals surface area contributed by atoms with Crippen molar-refractivity contribution in [3.05, 3.63) is 36.1 Å². The van der Waals surface area contributed by atoms with Crippen LogP contribution >= 0.6 is 0 Å². The van der Waals surface area contributed by atoms with Crippen LogP contribution in [-0.2, 0) is 9.53 Å². The molecule has 0 fully saturated rings. The van der Waals surface area contributed by atoms with Gasteiger partial charge in [0.2, 0.25) is 0 Å². The van der Waals surface area contributed by atoms with Gasteiger partial charge >= 0.3 is 0 Å². The molecule has 0 rings (SSSR count). The van der Waals surface area contributed by atoms with Crippen molar-refractivity contribution in [2.45, 2.75) is 26.7 Å². The first-order valence-electron chi connectivity index (χ1n) is 4.97. The fourth-order valence-corrected chi connectivity index (χ4v) is 1.03. The number of halogens is 2. The van der Waals surface area contributed by atoms with E-state index < -0.39 is 13.0 Å². The smallest absolute Gasteiger partial charge is 0.272 e. The molecule has 0 N–H and O–H groups in total. The van der Waals surface area contributed by atoms with Crippen LogP contribution in [0.3, 0.4) is 0 Å². The third kappa shape index (κ3) is 5.44. The number of ether oxygens (including phenoxy) is 1. The zero-order chi connectivity index (χ0) is 12.6. The van der Waals surface area contributed by atoms with Gasteiger partial charge in [-0.05, 0) is 13.0 Å². The molecule has 0 atom stereocenters. The Bertz CT molecular complexity index is 304. The van der Waals surface area contributed by atoms with Crippen molar-refractivity contribution < 1.29 is 18.3 Å². The number of carbonyl (C=O) groups is 1. The quantitative estimate of drug-likeness (QED) is 0.381. The topological polar surface area (TPSA) is 26.3 Å². The summed E-state index contributed by atoms with van der Waals surface area (Å²) >= 11 is 0. The Morgan fingerprint density at radius 3 is 2.56 bits per heavy atom. The van der Waals surface area contributed by atoms with Gasteiger partial charge in [0.15, 0.2) is 5.78 Å². The lowest BCUT2D eigenvalue weighted by molar-refractivity contribution is -0.115. The third-order valence-electron chi connectivity index (χ3n) is 1.83. The Labute approximate surface area is 94.3 Å². The van der Waals surface area contributed by atoms with Crippen molar-refractivity contribution >= 4 is 5.78 Å². The SMILES string of the molecule is C=C/C=C\C(C(=O)CC)=C(/C)OCC(F)F. The molecule has 0 unspecified atom stereocenters. The molecular weight excluding hydrogens is 214 g/mol. The summed E-state index contributed by atoms with van der Waals surface area (Å²) in [6, 6.07) is 0. The van der Waals surface area contributed by atoms with E-state index >= 15 is 0 Å². The number of allylic oxidation sites excluding steroid dienone is 5. The monoisotopic (exact) mass is 230 g/mol. The van der Waals surface area contributed by atoms with Gasteiger partial charge < -0.3 is 4.74 Å². The van der Waals surface area contributed by atoms with E-state index in [-0.39, 0.29) is 11.5 Å². The van der Waals surface area contributed by atoms with E-state index in [0.717, 1.165) is 0 Å². The lowest BCUT2D eigenvalue weighted by Crippen LogP contribution is -2.08. The lowest BCUT2D eigenvalue weighted by atomic mass is 10.1. The van der Waals surface area contributed by atoms with Gasteiger partial charge in [0.25, 0.3) is 6.43 Å². The van der Waals surface area contributed by atoms with Crippen molar-refractivity contribution in [2.75, 3.05) is 6.61 Å². The van der Waals surface area contributed by atoms with E-state index in [9.17, 15) is 13.6 Å². The Morgan fingerprint density at radius 1 is 1.50 bits per heavy atom. The Balaban J connectivity index is 4.81. The summed E-state index contributed by atoms with van der Waals surface area (Å²) < 4.78 is 28.7. The standard InChI is InChI=1S/C12H16F2O2/c1-4-6-7-10(11(15)5-2)9(3)16-8-12(13)14/h4,6-7,12H,1,5,8H2,2-3H3/b7-6-,10-9-. The molecule has 0 bridgehead atoms. The van der Waals surface area contributed by atoms with Gasteiger partial charge in [0.1, 0.15) is 12.4 Å². The molecule has 4 heteroatoms. The first kappa shape index (κ1) is 14.6. The van der Waals surface area contributed by atoms with Gasteiger partial charge in [-0.25, -0.2) is 8.78 Å². The Kier molecular flexibility index (Phi) is 7.09. The van der Waals surface area contributed by atoms with Gasteiger partial charge in [-0.2, -0.15) is 0 Å². The van der Waals surface area contributed by atoms with Crippen LogP contribution in [0.25, 0.3) is 0 Å². The first-order valence-corrected chi connectivity index (χ1v) is 4.97. The second kappa shape index (κ2) is 7.79. The van der Waals surface area contributed by atoms with Crippen molar-refractivity contribution in [1.29, 1.82) is 0 Å². The second-order valence-electron chi connectivity index (χ2n) is 3.04. The predicted octanol–water partition coefficient (Wildman–Crippen LogP) is 3.26. The molecule has 16 heavy (non-hydrogen) atoms. The van der Waals surface area contributed by atoms with Gasteiger partial charge in [0, 0.05) is 6.42 Å². The van der Waals surface area contributed by atoms with Crippen LogP contribution in [0.15, 0.2) is 36.1 Å². The highest BCUT2D eigenvalue weighted by molar-refractivity contribution is 5.98. The summed E-state index contributed by atoms with van der Waals surface area (Å²) in [5, 5.41) is 0. The minimum Gasteiger partial charge on any atom is -0.492 e. The van der Waals surface area contributed by atoms with Gasteiger partial charge in [-0.3, -0.25) is 4.79 Å². The average molecular weight is 230 g/mol. The van der Waals surface area contributed by atoms with Gasteiger partial charge in [0.05, 0.1) is 5.57 Å². The molecule has 0 aliphatic rings. The third-order valence-corrected chi connectivity index (χ3v) is 1.83. The minimum atomic E-state index is -2.55. The van der Waals surface area contributed by atoms with E-state index in [1.807, 2.05) is 0 Å². The zero-order valence-electron chi connectivity index (χ0n) is 9.50. The lowest BCUT2D eigenvalue weighted by Gasteiger charge is -2.09. The number of carbonyl (C=O) groups excluding carboxylic acids is 1. The summed E-state index contributed by atoms with van der Waals surface area (Å²) in [5.74, 6) is 0.0649. The highest BCUT2D eigenvalue weighted by Gasteiger charge is 2.11. The number of rotatable bonds is 7. The normalized spacial score (nSPS) is 12.8.